The molecule has 0 heterocycles. The third-order valence-electron chi connectivity index (χ3n) is 5.31. The number of rotatable bonds is 7. The highest BCUT2D eigenvalue weighted by molar-refractivity contribution is 5.89. The van der Waals surface area contributed by atoms with Crippen LogP contribution in [0, 0.1) is 0 Å². The van der Waals surface area contributed by atoms with Crippen molar-refractivity contribution in [3.05, 3.63) is 144 Å². The summed E-state index contributed by atoms with van der Waals surface area (Å²) in [6, 6.07) is 37.4. The average Bonchev–Trinajstić information content (AvgIpc) is 2.86. The molecule has 3 N–H and O–H groups in total. The van der Waals surface area contributed by atoms with Gasteiger partial charge in [-0.2, -0.15) is 0 Å². The Labute approximate surface area is 182 Å². The van der Waals surface area contributed by atoms with E-state index in [2.05, 4.69) is 10.9 Å². The molecular weight excluding hydrogens is 384 g/mol. The zero-order valence-electron chi connectivity index (χ0n) is 17.0. The zero-order chi connectivity index (χ0) is 21.5. The van der Waals surface area contributed by atoms with Crippen LogP contribution < -0.4 is 10.9 Å². The predicted molar refractivity (Wildman–Crippen MR) is 122 cm³/mol. The van der Waals surface area contributed by atoms with Crippen LogP contribution in [0.5, 0.6) is 0 Å². The van der Waals surface area contributed by atoms with E-state index >= 15 is 0 Å². The molecule has 0 bridgehead atoms. The second kappa shape index (κ2) is 9.39. The summed E-state index contributed by atoms with van der Waals surface area (Å²) in [5.41, 5.74) is 7.06. The highest BCUT2D eigenvalue weighted by Gasteiger charge is 2.40. The molecule has 0 aliphatic heterocycles. The van der Waals surface area contributed by atoms with E-state index in [-0.39, 0.29) is 6.04 Å². The fourth-order valence-electron chi connectivity index (χ4n) is 3.67. The molecule has 0 unspecified atom stereocenters. The van der Waals surface area contributed by atoms with E-state index < -0.39 is 11.5 Å². The van der Waals surface area contributed by atoms with Gasteiger partial charge in [-0.1, -0.05) is 121 Å². The molecule has 4 nitrogen and oxygen atoms in total. The van der Waals surface area contributed by atoms with Crippen LogP contribution >= 0.6 is 0 Å². The molecule has 0 saturated carbocycles. The highest BCUT2D eigenvalue weighted by atomic mass is 16.3. The summed E-state index contributed by atoms with van der Waals surface area (Å²) in [5.74, 6) is -0.554. The molecular formula is C27H24N2O2. The number of hydrogen-bond donors (Lipinski definition) is 3. The van der Waals surface area contributed by atoms with Crippen molar-refractivity contribution in [1.29, 1.82) is 0 Å². The summed E-state index contributed by atoms with van der Waals surface area (Å²) < 4.78 is 0. The van der Waals surface area contributed by atoms with Crippen molar-refractivity contribution >= 4 is 5.91 Å². The normalized spacial score (nSPS) is 11.3. The molecule has 0 atom stereocenters. The number of benzene rings is 4. The molecule has 0 aromatic heterocycles. The van der Waals surface area contributed by atoms with Crippen molar-refractivity contribution in [2.75, 3.05) is 0 Å². The largest absolute Gasteiger partial charge is 0.372 e. The van der Waals surface area contributed by atoms with Crippen LogP contribution in [-0.4, -0.2) is 11.0 Å². The molecule has 4 rings (SSSR count). The first kappa shape index (κ1) is 20.5. The van der Waals surface area contributed by atoms with Crippen LogP contribution in [0.4, 0.5) is 0 Å². The van der Waals surface area contributed by atoms with E-state index in [0.717, 1.165) is 11.1 Å². The van der Waals surface area contributed by atoms with Crippen molar-refractivity contribution < 1.29 is 9.90 Å². The van der Waals surface area contributed by atoms with Crippen molar-refractivity contribution in [1.82, 2.24) is 10.9 Å². The molecule has 0 spiro atoms. The van der Waals surface area contributed by atoms with Gasteiger partial charge >= 0.3 is 0 Å². The fraction of sp³-hybridized carbons (Fsp3) is 0.0741. The third kappa shape index (κ3) is 4.40. The van der Waals surface area contributed by atoms with Crippen molar-refractivity contribution in [2.24, 2.45) is 0 Å². The summed E-state index contributed by atoms with van der Waals surface area (Å²) in [4.78, 5) is 13.4. The number of hydrogen-bond acceptors (Lipinski definition) is 3. The Hall–Kier alpha value is -3.73. The maximum atomic E-state index is 13.4. The monoisotopic (exact) mass is 408 g/mol. The molecule has 4 aromatic carbocycles. The minimum absolute atomic E-state index is 0.276. The third-order valence-corrected chi connectivity index (χ3v) is 5.31. The second-order valence-electron chi connectivity index (χ2n) is 7.30. The molecule has 1 amide bonds. The van der Waals surface area contributed by atoms with Crippen molar-refractivity contribution in [2.45, 2.75) is 11.6 Å². The molecule has 0 aliphatic rings. The first-order valence-corrected chi connectivity index (χ1v) is 10.2. The van der Waals surface area contributed by atoms with Crippen LogP contribution in [-0.2, 0) is 10.4 Å². The molecule has 0 aliphatic carbocycles. The summed E-state index contributed by atoms with van der Waals surface area (Å²) in [6.07, 6.45) is 0. The lowest BCUT2D eigenvalue weighted by molar-refractivity contribution is -0.138. The quantitative estimate of drug-likeness (QED) is 0.399. The van der Waals surface area contributed by atoms with Gasteiger partial charge in [-0.3, -0.25) is 10.2 Å². The van der Waals surface area contributed by atoms with Crippen LogP contribution in [0.15, 0.2) is 121 Å². The molecule has 154 valence electrons. The lowest BCUT2D eigenvalue weighted by Crippen LogP contribution is -2.51. The Morgan fingerprint density at radius 1 is 0.613 bits per heavy atom. The van der Waals surface area contributed by atoms with E-state index in [1.165, 1.54) is 0 Å². The van der Waals surface area contributed by atoms with E-state index in [4.69, 9.17) is 0 Å². The van der Waals surface area contributed by atoms with Gasteiger partial charge in [0.2, 0.25) is 0 Å². The zero-order valence-corrected chi connectivity index (χ0v) is 17.0. The fourth-order valence-corrected chi connectivity index (χ4v) is 3.67. The summed E-state index contributed by atoms with van der Waals surface area (Å²) in [6.45, 7) is 0. The minimum atomic E-state index is -1.84. The number of amides is 1. The SMILES string of the molecule is O=C(NNC(c1ccccc1)c1ccccc1)C(O)(c1ccccc1)c1ccccc1. The number of nitrogens with one attached hydrogen (secondary N) is 2. The lowest BCUT2D eigenvalue weighted by atomic mass is 9.85. The van der Waals surface area contributed by atoms with Gasteiger partial charge in [0.25, 0.3) is 5.91 Å². The molecule has 4 heteroatoms. The van der Waals surface area contributed by atoms with Gasteiger partial charge < -0.3 is 5.11 Å². The first-order valence-electron chi connectivity index (χ1n) is 10.2. The Kier molecular flexibility index (Phi) is 6.22. The Bertz CT molecular complexity index is 1020. The minimum Gasteiger partial charge on any atom is -0.372 e. The number of aliphatic hydroxyl groups is 1. The van der Waals surface area contributed by atoms with E-state index in [1.54, 1.807) is 48.5 Å². The smallest absolute Gasteiger partial charge is 0.275 e. The predicted octanol–water partition coefficient (Wildman–Crippen LogP) is 4.33. The van der Waals surface area contributed by atoms with Gasteiger partial charge in [-0.05, 0) is 22.3 Å². The van der Waals surface area contributed by atoms with Crippen LogP contribution in [0.3, 0.4) is 0 Å². The van der Waals surface area contributed by atoms with Gasteiger partial charge in [0.1, 0.15) is 0 Å². The molecule has 0 radical (unpaired) electrons. The first-order chi connectivity index (χ1) is 15.2. The van der Waals surface area contributed by atoms with Crippen LogP contribution in [0.2, 0.25) is 0 Å². The lowest BCUT2D eigenvalue weighted by Gasteiger charge is -2.29. The van der Waals surface area contributed by atoms with Crippen molar-refractivity contribution in [3.8, 4) is 0 Å². The van der Waals surface area contributed by atoms with Crippen LogP contribution in [0.25, 0.3) is 0 Å². The van der Waals surface area contributed by atoms with Gasteiger partial charge in [0.05, 0.1) is 6.04 Å². The van der Waals surface area contributed by atoms with Gasteiger partial charge in [0, 0.05) is 0 Å². The van der Waals surface area contributed by atoms with Crippen molar-refractivity contribution in [3.63, 3.8) is 0 Å². The molecule has 0 saturated heterocycles. The van der Waals surface area contributed by atoms with Gasteiger partial charge in [-0.25, -0.2) is 5.43 Å². The Balaban J connectivity index is 1.65. The Morgan fingerprint density at radius 3 is 1.35 bits per heavy atom. The molecule has 31 heavy (non-hydrogen) atoms. The summed E-state index contributed by atoms with van der Waals surface area (Å²) in [7, 11) is 0. The van der Waals surface area contributed by atoms with Gasteiger partial charge in [0.15, 0.2) is 5.60 Å². The van der Waals surface area contributed by atoms with Crippen LogP contribution in [0.1, 0.15) is 28.3 Å². The van der Waals surface area contributed by atoms with Gasteiger partial charge in [-0.15, -0.1) is 0 Å². The Morgan fingerprint density at radius 2 is 0.968 bits per heavy atom. The molecule has 0 fully saturated rings. The summed E-state index contributed by atoms with van der Waals surface area (Å²) in [5, 5.41) is 11.6. The maximum absolute atomic E-state index is 13.4. The van der Waals surface area contributed by atoms with E-state index in [1.807, 2.05) is 72.8 Å². The van der Waals surface area contributed by atoms with E-state index in [0.29, 0.717) is 11.1 Å². The van der Waals surface area contributed by atoms with E-state index in [9.17, 15) is 9.90 Å². The standard InChI is InChI=1S/C27H24N2O2/c30-26(27(31,23-17-9-3-10-18-23)24-19-11-4-12-20-24)29-28-25(21-13-5-1-6-14-21)22-15-7-2-8-16-22/h1-20,25,28,31H,(H,29,30). The number of carbonyl (C=O) groups is 1. The number of carbonyl (C=O) groups excluding carboxylic acids is 1. The second-order valence-corrected chi connectivity index (χ2v) is 7.30. The number of hydrazine groups is 1. The average molecular weight is 409 g/mol. The maximum Gasteiger partial charge on any atom is 0.275 e. The highest BCUT2D eigenvalue weighted by Crippen LogP contribution is 2.30. The summed E-state index contributed by atoms with van der Waals surface area (Å²) >= 11 is 0. The topological polar surface area (TPSA) is 61.4 Å². The molecule has 4 aromatic rings.